The third-order valence-electron chi connectivity index (χ3n) is 4.95. The zero-order valence-corrected chi connectivity index (χ0v) is 15.3. The van der Waals surface area contributed by atoms with Crippen LogP contribution in [0.1, 0.15) is 46.1 Å². The second kappa shape index (κ2) is 7.61. The van der Waals surface area contributed by atoms with Gasteiger partial charge in [0, 0.05) is 17.5 Å². The van der Waals surface area contributed by atoms with Crippen molar-refractivity contribution in [3.63, 3.8) is 0 Å². The molecule has 6 heteroatoms. The van der Waals surface area contributed by atoms with Crippen LogP contribution in [0.25, 0.3) is 0 Å². The van der Waals surface area contributed by atoms with Gasteiger partial charge in [-0.05, 0) is 37.0 Å². The van der Waals surface area contributed by atoms with E-state index in [1.807, 2.05) is 29.1 Å². The number of hydrogen-bond acceptors (Lipinski definition) is 4. The molecule has 1 aliphatic rings. The molecule has 1 N–H and O–H groups in total. The SMILES string of the molecule is COc1ncccc1C(=O)N[C@H]1CCCc2c1cnn2Cc1ccccc1. The fraction of sp³-hybridized carbons (Fsp3) is 0.286. The first kappa shape index (κ1) is 17.3. The van der Waals surface area contributed by atoms with E-state index in [9.17, 15) is 4.79 Å². The van der Waals surface area contributed by atoms with E-state index in [-0.39, 0.29) is 11.9 Å². The number of aromatic nitrogens is 3. The molecule has 1 aliphatic carbocycles. The number of carbonyl (C=O) groups excluding carboxylic acids is 1. The number of methoxy groups -OCH3 is 1. The first-order chi connectivity index (χ1) is 13.3. The maximum atomic E-state index is 12.7. The molecule has 0 radical (unpaired) electrons. The van der Waals surface area contributed by atoms with Gasteiger partial charge in [-0.15, -0.1) is 0 Å². The quantitative estimate of drug-likeness (QED) is 0.757. The van der Waals surface area contributed by atoms with Gasteiger partial charge in [-0.3, -0.25) is 9.48 Å². The first-order valence-electron chi connectivity index (χ1n) is 9.14. The molecule has 27 heavy (non-hydrogen) atoms. The summed E-state index contributed by atoms with van der Waals surface area (Å²) >= 11 is 0. The Bertz CT molecular complexity index is 936. The van der Waals surface area contributed by atoms with Crippen LogP contribution in [-0.2, 0) is 13.0 Å². The molecule has 4 rings (SSSR count). The Morgan fingerprint density at radius 2 is 2.11 bits per heavy atom. The van der Waals surface area contributed by atoms with Gasteiger partial charge in [0.15, 0.2) is 0 Å². The van der Waals surface area contributed by atoms with E-state index in [0.717, 1.165) is 31.4 Å². The molecule has 1 aromatic carbocycles. The average molecular weight is 362 g/mol. The Morgan fingerprint density at radius 1 is 1.26 bits per heavy atom. The van der Waals surface area contributed by atoms with Crippen LogP contribution >= 0.6 is 0 Å². The van der Waals surface area contributed by atoms with Crippen LogP contribution in [0, 0.1) is 0 Å². The number of nitrogens with one attached hydrogen (secondary N) is 1. The summed E-state index contributed by atoms with van der Waals surface area (Å²) in [6.45, 7) is 0.743. The minimum atomic E-state index is -0.173. The summed E-state index contributed by atoms with van der Waals surface area (Å²) in [6, 6.07) is 13.7. The first-order valence-corrected chi connectivity index (χ1v) is 9.14. The molecule has 0 spiro atoms. The molecule has 0 fully saturated rings. The van der Waals surface area contributed by atoms with Crippen LogP contribution in [0.4, 0.5) is 0 Å². The molecular formula is C21H22N4O2. The number of nitrogens with zero attached hydrogens (tertiary/aromatic N) is 3. The molecular weight excluding hydrogens is 340 g/mol. The van der Waals surface area contributed by atoms with Crippen LogP contribution in [0.3, 0.4) is 0 Å². The highest BCUT2D eigenvalue weighted by Gasteiger charge is 2.26. The second-order valence-electron chi connectivity index (χ2n) is 6.67. The van der Waals surface area contributed by atoms with E-state index in [0.29, 0.717) is 11.4 Å². The molecule has 2 aromatic heterocycles. The normalized spacial score (nSPS) is 15.8. The lowest BCUT2D eigenvalue weighted by molar-refractivity contribution is 0.0929. The lowest BCUT2D eigenvalue weighted by Crippen LogP contribution is -2.31. The van der Waals surface area contributed by atoms with Crippen molar-refractivity contribution in [2.24, 2.45) is 0 Å². The van der Waals surface area contributed by atoms with Gasteiger partial charge in [0.05, 0.1) is 25.9 Å². The van der Waals surface area contributed by atoms with Crippen molar-refractivity contribution in [2.45, 2.75) is 31.8 Å². The summed E-state index contributed by atoms with van der Waals surface area (Å²) in [5, 5.41) is 7.72. The summed E-state index contributed by atoms with van der Waals surface area (Å²) in [7, 11) is 1.52. The van der Waals surface area contributed by atoms with Gasteiger partial charge < -0.3 is 10.1 Å². The number of carbonyl (C=O) groups is 1. The van der Waals surface area contributed by atoms with Crippen LogP contribution in [0.15, 0.2) is 54.9 Å². The molecule has 0 bridgehead atoms. The molecule has 138 valence electrons. The van der Waals surface area contributed by atoms with Crippen LogP contribution < -0.4 is 10.1 Å². The highest BCUT2D eigenvalue weighted by atomic mass is 16.5. The number of hydrogen-bond donors (Lipinski definition) is 1. The summed E-state index contributed by atoms with van der Waals surface area (Å²) in [4.78, 5) is 16.8. The van der Waals surface area contributed by atoms with E-state index < -0.39 is 0 Å². The Labute approximate surface area is 158 Å². The van der Waals surface area contributed by atoms with E-state index in [1.54, 1.807) is 18.3 Å². The van der Waals surface area contributed by atoms with Gasteiger partial charge in [-0.2, -0.15) is 5.10 Å². The van der Waals surface area contributed by atoms with Crippen LogP contribution in [0.5, 0.6) is 5.88 Å². The molecule has 2 heterocycles. The van der Waals surface area contributed by atoms with Crippen molar-refractivity contribution < 1.29 is 9.53 Å². The van der Waals surface area contributed by atoms with Crippen molar-refractivity contribution in [1.82, 2.24) is 20.1 Å². The Hall–Kier alpha value is -3.15. The Balaban J connectivity index is 1.54. The third-order valence-corrected chi connectivity index (χ3v) is 4.95. The van der Waals surface area contributed by atoms with E-state index in [2.05, 4.69) is 27.5 Å². The summed E-state index contributed by atoms with van der Waals surface area (Å²) < 4.78 is 7.26. The Kier molecular flexibility index (Phi) is 4.87. The van der Waals surface area contributed by atoms with E-state index in [4.69, 9.17) is 4.74 Å². The highest BCUT2D eigenvalue weighted by Crippen LogP contribution is 2.30. The number of fused-ring (bicyclic) bond motifs is 1. The topological polar surface area (TPSA) is 69.0 Å². The number of pyridine rings is 1. The predicted molar refractivity (Wildman–Crippen MR) is 102 cm³/mol. The fourth-order valence-corrected chi connectivity index (χ4v) is 3.62. The Morgan fingerprint density at radius 3 is 2.93 bits per heavy atom. The molecule has 1 atom stereocenters. The monoisotopic (exact) mass is 362 g/mol. The lowest BCUT2D eigenvalue weighted by Gasteiger charge is -2.24. The standard InChI is InChI=1S/C21H22N4O2/c1-27-21-16(9-6-12-22-21)20(26)24-18-10-5-11-19-17(18)13-23-25(19)14-15-7-3-2-4-8-15/h2-4,6-9,12-13,18H,5,10-11,14H2,1H3,(H,24,26)/t18-/m0/s1. The van der Waals surface area contributed by atoms with Crippen LogP contribution in [-0.4, -0.2) is 27.8 Å². The van der Waals surface area contributed by atoms with Crippen molar-refractivity contribution in [3.8, 4) is 5.88 Å². The van der Waals surface area contributed by atoms with Crippen molar-refractivity contribution in [3.05, 3.63) is 77.2 Å². The van der Waals surface area contributed by atoms with Gasteiger partial charge in [0.1, 0.15) is 5.56 Å². The lowest BCUT2D eigenvalue weighted by atomic mass is 9.92. The van der Waals surface area contributed by atoms with Gasteiger partial charge in [0.2, 0.25) is 5.88 Å². The smallest absolute Gasteiger partial charge is 0.257 e. The molecule has 3 aromatic rings. The van der Waals surface area contributed by atoms with Crippen LogP contribution in [0.2, 0.25) is 0 Å². The number of benzene rings is 1. The van der Waals surface area contributed by atoms with E-state index in [1.165, 1.54) is 18.4 Å². The molecule has 0 unspecified atom stereocenters. The number of amides is 1. The van der Waals surface area contributed by atoms with Crippen molar-refractivity contribution >= 4 is 5.91 Å². The van der Waals surface area contributed by atoms with Crippen molar-refractivity contribution in [1.29, 1.82) is 0 Å². The average Bonchev–Trinajstić information content (AvgIpc) is 3.12. The maximum Gasteiger partial charge on any atom is 0.257 e. The fourth-order valence-electron chi connectivity index (χ4n) is 3.62. The van der Waals surface area contributed by atoms with Gasteiger partial charge >= 0.3 is 0 Å². The zero-order chi connectivity index (χ0) is 18.6. The molecule has 0 saturated carbocycles. The largest absolute Gasteiger partial charge is 0.480 e. The highest BCUT2D eigenvalue weighted by molar-refractivity contribution is 5.96. The summed E-state index contributed by atoms with van der Waals surface area (Å²) in [5.74, 6) is 0.166. The maximum absolute atomic E-state index is 12.7. The molecule has 6 nitrogen and oxygen atoms in total. The number of ether oxygens (including phenoxy) is 1. The predicted octanol–water partition coefficient (Wildman–Crippen LogP) is 3.14. The molecule has 1 amide bonds. The van der Waals surface area contributed by atoms with Gasteiger partial charge in [0.25, 0.3) is 5.91 Å². The van der Waals surface area contributed by atoms with Crippen molar-refractivity contribution in [2.75, 3.05) is 7.11 Å². The van der Waals surface area contributed by atoms with E-state index >= 15 is 0 Å². The minimum absolute atomic E-state index is 0.0457. The molecule has 0 saturated heterocycles. The van der Waals surface area contributed by atoms with Gasteiger partial charge in [-0.1, -0.05) is 30.3 Å². The summed E-state index contributed by atoms with van der Waals surface area (Å²) in [5.41, 5.74) is 3.97. The molecule has 0 aliphatic heterocycles. The third kappa shape index (κ3) is 3.56. The minimum Gasteiger partial charge on any atom is -0.480 e. The zero-order valence-electron chi connectivity index (χ0n) is 15.3. The number of rotatable bonds is 5. The second-order valence-corrected chi connectivity index (χ2v) is 6.67. The summed E-state index contributed by atoms with van der Waals surface area (Å²) in [6.07, 6.45) is 6.40. The van der Waals surface area contributed by atoms with Gasteiger partial charge in [-0.25, -0.2) is 4.98 Å².